The van der Waals surface area contributed by atoms with Gasteiger partial charge in [0.1, 0.15) is 11.8 Å². The largest absolute Gasteiger partial charge is 0.466 e. The van der Waals surface area contributed by atoms with Gasteiger partial charge in [-0.2, -0.15) is 5.26 Å². The van der Waals surface area contributed by atoms with Crippen LogP contribution in [0.3, 0.4) is 0 Å². The van der Waals surface area contributed by atoms with Gasteiger partial charge in [0.2, 0.25) is 0 Å². The third-order valence-electron chi connectivity index (χ3n) is 2.31. The number of aromatic nitrogens is 1. The fourth-order valence-electron chi connectivity index (χ4n) is 1.39. The number of rotatable bonds is 4. The van der Waals surface area contributed by atoms with Crippen LogP contribution in [0, 0.1) is 11.3 Å². The Bertz CT molecular complexity index is 438. The molecule has 0 fully saturated rings. The topological polar surface area (TPSA) is 55.0 Å². The minimum Gasteiger partial charge on any atom is -0.466 e. The number of nitriles is 1. The average molecular weight is 218 g/mol. The first-order valence-electron chi connectivity index (χ1n) is 5.05. The third-order valence-corrected chi connectivity index (χ3v) is 2.31. The van der Waals surface area contributed by atoms with Crippen molar-refractivity contribution >= 4 is 5.97 Å². The summed E-state index contributed by atoms with van der Waals surface area (Å²) in [6, 6.07) is 5.61. The molecule has 0 radical (unpaired) electrons. The van der Waals surface area contributed by atoms with Crippen LogP contribution in [0.2, 0.25) is 0 Å². The Morgan fingerprint density at radius 1 is 1.69 bits per heavy atom. The van der Waals surface area contributed by atoms with Crippen LogP contribution in [-0.2, 0) is 16.1 Å². The summed E-state index contributed by atoms with van der Waals surface area (Å²) in [7, 11) is 1.36. The number of esters is 1. The van der Waals surface area contributed by atoms with Crippen molar-refractivity contribution in [1.82, 2.24) is 4.57 Å². The van der Waals surface area contributed by atoms with E-state index in [4.69, 9.17) is 5.26 Å². The van der Waals surface area contributed by atoms with Crippen molar-refractivity contribution in [3.05, 3.63) is 35.7 Å². The van der Waals surface area contributed by atoms with Crippen molar-refractivity contribution in [1.29, 1.82) is 5.26 Å². The quantitative estimate of drug-likeness (QED) is 0.572. The van der Waals surface area contributed by atoms with E-state index in [0.29, 0.717) is 24.2 Å². The molecule has 0 spiro atoms. The van der Waals surface area contributed by atoms with Crippen LogP contribution in [0.1, 0.15) is 19.0 Å². The van der Waals surface area contributed by atoms with Gasteiger partial charge in [0.25, 0.3) is 0 Å². The smallest absolute Gasteiger partial charge is 0.333 e. The first-order chi connectivity index (χ1) is 7.72. The molecule has 16 heavy (non-hydrogen) atoms. The Labute approximate surface area is 94.7 Å². The molecule has 0 aliphatic carbocycles. The first kappa shape index (κ1) is 12.1. The minimum atomic E-state index is -0.312. The Hall–Kier alpha value is -2.02. The number of nitrogens with zero attached hydrogens (tertiary/aromatic N) is 2. The second-order valence-corrected chi connectivity index (χ2v) is 3.23. The lowest BCUT2D eigenvalue weighted by atomic mass is 10.2. The standard InChI is InChI=1S/C12H14N2O2/c1-3-10(12(15)16-2)6-8-14-7-4-5-11(14)9-13/h4-7H,3,8H2,1-2H3/b10-6-. The maximum atomic E-state index is 11.3. The normalized spacial score (nSPS) is 10.9. The van der Waals surface area contributed by atoms with Crippen molar-refractivity contribution in [2.75, 3.05) is 7.11 Å². The zero-order valence-corrected chi connectivity index (χ0v) is 9.43. The SMILES string of the molecule is CC/C(=C/Cn1cccc1C#N)C(=O)OC. The van der Waals surface area contributed by atoms with Gasteiger partial charge in [0, 0.05) is 18.3 Å². The Kier molecular flexibility index (Phi) is 4.34. The van der Waals surface area contributed by atoms with E-state index in [1.165, 1.54) is 7.11 Å². The molecular weight excluding hydrogens is 204 g/mol. The molecule has 1 heterocycles. The van der Waals surface area contributed by atoms with Crippen LogP contribution in [-0.4, -0.2) is 17.6 Å². The summed E-state index contributed by atoms with van der Waals surface area (Å²) in [5.74, 6) is -0.312. The number of carbonyl (C=O) groups is 1. The molecule has 0 saturated carbocycles. The lowest BCUT2D eigenvalue weighted by Gasteiger charge is -2.04. The zero-order chi connectivity index (χ0) is 12.0. The molecule has 4 heteroatoms. The van der Waals surface area contributed by atoms with Gasteiger partial charge in [0.05, 0.1) is 7.11 Å². The molecule has 0 saturated heterocycles. The lowest BCUT2D eigenvalue weighted by molar-refractivity contribution is -0.136. The van der Waals surface area contributed by atoms with Crippen molar-refractivity contribution in [2.45, 2.75) is 19.9 Å². The fraction of sp³-hybridized carbons (Fsp3) is 0.333. The van der Waals surface area contributed by atoms with Gasteiger partial charge in [0.15, 0.2) is 0 Å². The fourth-order valence-corrected chi connectivity index (χ4v) is 1.39. The average Bonchev–Trinajstić information content (AvgIpc) is 2.76. The molecule has 0 N–H and O–H groups in total. The van der Waals surface area contributed by atoms with Crippen LogP contribution in [0.4, 0.5) is 0 Å². The van der Waals surface area contributed by atoms with E-state index in [-0.39, 0.29) is 5.97 Å². The molecule has 1 aromatic rings. The molecule has 0 aliphatic rings. The van der Waals surface area contributed by atoms with E-state index in [9.17, 15) is 4.79 Å². The number of allylic oxidation sites excluding steroid dienone is 1. The van der Waals surface area contributed by atoms with Crippen molar-refractivity contribution in [3.8, 4) is 6.07 Å². The molecule has 1 aromatic heterocycles. The number of methoxy groups -OCH3 is 1. The second kappa shape index (κ2) is 5.76. The summed E-state index contributed by atoms with van der Waals surface area (Å²) in [5, 5.41) is 8.80. The van der Waals surface area contributed by atoms with Crippen molar-refractivity contribution in [2.24, 2.45) is 0 Å². The van der Waals surface area contributed by atoms with E-state index in [2.05, 4.69) is 10.8 Å². The highest BCUT2D eigenvalue weighted by atomic mass is 16.5. The van der Waals surface area contributed by atoms with Gasteiger partial charge in [-0.3, -0.25) is 0 Å². The first-order valence-corrected chi connectivity index (χ1v) is 5.05. The van der Waals surface area contributed by atoms with Crippen molar-refractivity contribution in [3.63, 3.8) is 0 Å². The summed E-state index contributed by atoms with van der Waals surface area (Å²) in [6.45, 7) is 2.40. The van der Waals surface area contributed by atoms with E-state index >= 15 is 0 Å². The van der Waals surface area contributed by atoms with E-state index < -0.39 is 0 Å². The Morgan fingerprint density at radius 3 is 3.00 bits per heavy atom. The molecule has 0 aromatic carbocycles. The monoisotopic (exact) mass is 218 g/mol. The molecule has 0 aliphatic heterocycles. The summed E-state index contributed by atoms with van der Waals surface area (Å²) in [5.41, 5.74) is 1.21. The molecule has 84 valence electrons. The van der Waals surface area contributed by atoms with Gasteiger partial charge in [-0.25, -0.2) is 4.79 Å². The number of hydrogen-bond acceptors (Lipinski definition) is 3. The molecule has 0 bridgehead atoms. The molecule has 0 unspecified atom stereocenters. The molecule has 0 amide bonds. The van der Waals surface area contributed by atoms with Crippen LogP contribution in [0.25, 0.3) is 0 Å². The Balaban J connectivity index is 2.79. The van der Waals surface area contributed by atoms with Gasteiger partial charge in [-0.15, -0.1) is 0 Å². The van der Waals surface area contributed by atoms with E-state index in [1.54, 1.807) is 29.0 Å². The summed E-state index contributed by atoms with van der Waals surface area (Å²) < 4.78 is 6.42. The van der Waals surface area contributed by atoms with E-state index in [0.717, 1.165) is 0 Å². The van der Waals surface area contributed by atoms with Crippen molar-refractivity contribution < 1.29 is 9.53 Å². The third kappa shape index (κ3) is 2.74. The molecular formula is C12H14N2O2. The zero-order valence-electron chi connectivity index (χ0n) is 9.43. The number of carbonyl (C=O) groups excluding carboxylic acids is 1. The predicted octanol–water partition coefficient (Wildman–Crippen LogP) is 1.87. The second-order valence-electron chi connectivity index (χ2n) is 3.23. The lowest BCUT2D eigenvalue weighted by Crippen LogP contribution is -2.06. The minimum absolute atomic E-state index is 0.312. The maximum Gasteiger partial charge on any atom is 0.333 e. The van der Waals surface area contributed by atoms with Crippen LogP contribution >= 0.6 is 0 Å². The van der Waals surface area contributed by atoms with Gasteiger partial charge in [-0.05, 0) is 18.6 Å². The molecule has 4 nitrogen and oxygen atoms in total. The number of hydrogen-bond donors (Lipinski definition) is 0. The highest BCUT2D eigenvalue weighted by Gasteiger charge is 2.06. The number of ether oxygens (including phenoxy) is 1. The highest BCUT2D eigenvalue weighted by molar-refractivity contribution is 5.88. The van der Waals surface area contributed by atoms with Gasteiger partial charge in [-0.1, -0.05) is 13.0 Å². The van der Waals surface area contributed by atoms with Crippen LogP contribution in [0.15, 0.2) is 30.0 Å². The predicted molar refractivity (Wildman–Crippen MR) is 59.5 cm³/mol. The molecule has 0 atom stereocenters. The Morgan fingerprint density at radius 2 is 2.44 bits per heavy atom. The summed E-state index contributed by atoms with van der Waals surface area (Å²) in [4.78, 5) is 11.3. The highest BCUT2D eigenvalue weighted by Crippen LogP contribution is 2.06. The van der Waals surface area contributed by atoms with Gasteiger partial charge < -0.3 is 9.30 Å². The van der Waals surface area contributed by atoms with E-state index in [1.807, 2.05) is 6.92 Å². The van der Waals surface area contributed by atoms with Crippen LogP contribution < -0.4 is 0 Å². The maximum absolute atomic E-state index is 11.3. The van der Waals surface area contributed by atoms with Gasteiger partial charge >= 0.3 is 5.97 Å². The summed E-state index contributed by atoms with van der Waals surface area (Å²) in [6.07, 6.45) is 4.21. The summed E-state index contributed by atoms with van der Waals surface area (Å²) >= 11 is 0. The van der Waals surface area contributed by atoms with Crippen LogP contribution in [0.5, 0.6) is 0 Å². The molecule has 1 rings (SSSR count).